The summed E-state index contributed by atoms with van der Waals surface area (Å²) in [6.45, 7) is 1.79. The maximum atomic E-state index is 11.0. The number of amides is 1. The largest absolute Gasteiger partial charge is 0.269 e. The smallest absolute Gasteiger partial charge is 0.267 e. The van der Waals surface area contributed by atoms with Crippen molar-refractivity contribution in [3.05, 3.63) is 42.5 Å². The van der Waals surface area contributed by atoms with Crippen molar-refractivity contribution in [2.45, 2.75) is 6.92 Å². The first-order chi connectivity index (χ1) is 5.83. The molecule has 0 spiro atoms. The van der Waals surface area contributed by atoms with Gasteiger partial charge >= 0.3 is 0 Å². The van der Waals surface area contributed by atoms with E-state index in [0.717, 1.165) is 0 Å². The van der Waals surface area contributed by atoms with Crippen molar-refractivity contribution < 1.29 is 4.79 Å². The molecule has 0 heterocycles. The summed E-state index contributed by atoms with van der Waals surface area (Å²) in [7, 11) is 0. The van der Waals surface area contributed by atoms with E-state index in [-0.39, 0.29) is 5.91 Å². The van der Waals surface area contributed by atoms with Crippen LogP contribution in [0.15, 0.2) is 42.5 Å². The van der Waals surface area contributed by atoms with E-state index in [4.69, 9.17) is 0 Å². The van der Waals surface area contributed by atoms with Crippen molar-refractivity contribution in [3.63, 3.8) is 0 Å². The molecule has 0 unspecified atom stereocenters. The molecule has 0 aliphatic carbocycles. The second-order valence-electron chi connectivity index (χ2n) is 2.29. The number of para-hydroxylation sites is 1. The van der Waals surface area contributed by atoms with Gasteiger partial charge in [0, 0.05) is 6.08 Å². The molecule has 0 N–H and O–H groups in total. The first-order valence-electron chi connectivity index (χ1n) is 3.76. The van der Waals surface area contributed by atoms with E-state index in [2.05, 4.69) is 5.32 Å². The molecule has 0 fully saturated rings. The summed E-state index contributed by atoms with van der Waals surface area (Å²) in [6.07, 6.45) is 3.11. The van der Waals surface area contributed by atoms with E-state index in [1.165, 1.54) is 6.08 Å². The normalized spacial score (nSPS) is 10.1. The number of rotatable bonds is 2. The lowest BCUT2D eigenvalue weighted by Gasteiger charge is -1.95. The lowest BCUT2D eigenvalue weighted by Crippen LogP contribution is -2.05. The van der Waals surface area contributed by atoms with Crippen molar-refractivity contribution in [2.24, 2.45) is 0 Å². The maximum Gasteiger partial charge on any atom is 0.269 e. The average molecular weight is 160 g/mol. The van der Waals surface area contributed by atoms with Gasteiger partial charge in [0.15, 0.2) is 0 Å². The minimum absolute atomic E-state index is 0.219. The molecule has 2 heteroatoms. The predicted molar refractivity (Wildman–Crippen MR) is 48.1 cm³/mol. The van der Waals surface area contributed by atoms with Gasteiger partial charge in [-0.15, -0.1) is 0 Å². The molecule has 1 aromatic carbocycles. The van der Waals surface area contributed by atoms with Crippen LogP contribution in [0.25, 0.3) is 0 Å². The molecule has 1 radical (unpaired) electrons. The topological polar surface area (TPSA) is 31.2 Å². The number of carbonyl (C=O) groups is 1. The zero-order chi connectivity index (χ0) is 8.81. The zero-order valence-corrected chi connectivity index (χ0v) is 6.90. The van der Waals surface area contributed by atoms with Crippen molar-refractivity contribution in [3.8, 4) is 0 Å². The fourth-order valence-corrected chi connectivity index (χ4v) is 0.810. The van der Waals surface area contributed by atoms with Gasteiger partial charge in [-0.2, -0.15) is 0 Å². The van der Waals surface area contributed by atoms with E-state index in [1.807, 2.05) is 18.2 Å². The molecule has 1 amide bonds. The molecule has 0 aliphatic rings. The van der Waals surface area contributed by atoms with Crippen molar-refractivity contribution in [1.82, 2.24) is 5.32 Å². The maximum absolute atomic E-state index is 11.0. The third kappa shape index (κ3) is 2.58. The van der Waals surface area contributed by atoms with Crippen molar-refractivity contribution in [1.29, 1.82) is 0 Å². The van der Waals surface area contributed by atoms with Gasteiger partial charge in [0.1, 0.15) is 0 Å². The Bertz CT molecular complexity index is 277. The van der Waals surface area contributed by atoms with Crippen molar-refractivity contribution >= 4 is 11.6 Å². The van der Waals surface area contributed by atoms with Crippen LogP contribution in [0.1, 0.15) is 6.92 Å². The standard InChI is InChI=1S/C10H10NO/c1-2-6-10(12)11-9-7-4-3-5-8-9/h2-8H,1H3/b6-2+. The SMILES string of the molecule is C/C=C/C(=O)[N]c1ccccc1. The third-order valence-electron chi connectivity index (χ3n) is 1.30. The Balaban J connectivity index is 2.59. The van der Waals surface area contributed by atoms with Gasteiger partial charge in [0.25, 0.3) is 5.91 Å². The van der Waals surface area contributed by atoms with Crippen LogP contribution in [-0.2, 0) is 4.79 Å². The fraction of sp³-hybridized carbons (Fsp3) is 0.100. The van der Waals surface area contributed by atoms with Gasteiger partial charge in [-0.05, 0) is 19.1 Å². The number of hydrogen-bond donors (Lipinski definition) is 0. The van der Waals surface area contributed by atoms with Gasteiger partial charge in [-0.25, -0.2) is 5.32 Å². The molecule has 1 aromatic rings. The molecule has 1 rings (SSSR count). The van der Waals surface area contributed by atoms with E-state index in [9.17, 15) is 4.79 Å². The Morgan fingerprint density at radius 1 is 1.33 bits per heavy atom. The first-order valence-corrected chi connectivity index (χ1v) is 3.76. The summed E-state index contributed by atoms with van der Waals surface area (Å²) >= 11 is 0. The van der Waals surface area contributed by atoms with Crippen LogP contribution < -0.4 is 5.32 Å². The van der Waals surface area contributed by atoms with Crippen LogP contribution >= 0.6 is 0 Å². The molecule has 12 heavy (non-hydrogen) atoms. The zero-order valence-electron chi connectivity index (χ0n) is 6.90. The fourth-order valence-electron chi connectivity index (χ4n) is 0.810. The first kappa shape index (κ1) is 8.53. The second-order valence-corrected chi connectivity index (χ2v) is 2.29. The lowest BCUT2D eigenvalue weighted by atomic mass is 10.3. The highest BCUT2D eigenvalue weighted by molar-refractivity contribution is 5.90. The highest BCUT2D eigenvalue weighted by atomic mass is 16.1. The summed E-state index contributed by atoms with van der Waals surface area (Å²) in [5.41, 5.74) is 0.695. The number of nitrogens with zero attached hydrogens (tertiary/aromatic N) is 1. The molecule has 0 saturated heterocycles. The van der Waals surface area contributed by atoms with Gasteiger partial charge in [-0.1, -0.05) is 24.3 Å². The number of benzene rings is 1. The minimum Gasteiger partial charge on any atom is -0.267 e. The predicted octanol–water partition coefficient (Wildman–Crippen LogP) is 2.03. The van der Waals surface area contributed by atoms with Crippen LogP contribution in [0.5, 0.6) is 0 Å². The van der Waals surface area contributed by atoms with Crippen LogP contribution in [0.4, 0.5) is 5.69 Å². The highest BCUT2D eigenvalue weighted by Gasteiger charge is 1.96. The van der Waals surface area contributed by atoms with Crippen LogP contribution in [-0.4, -0.2) is 5.91 Å². The molecule has 61 valence electrons. The highest BCUT2D eigenvalue weighted by Crippen LogP contribution is 2.04. The van der Waals surface area contributed by atoms with Crippen LogP contribution in [0.3, 0.4) is 0 Å². The monoisotopic (exact) mass is 160 g/mol. The Morgan fingerprint density at radius 2 is 2.00 bits per heavy atom. The molecule has 0 atom stereocenters. The van der Waals surface area contributed by atoms with E-state index in [0.29, 0.717) is 5.69 Å². The van der Waals surface area contributed by atoms with Crippen LogP contribution in [0.2, 0.25) is 0 Å². The van der Waals surface area contributed by atoms with E-state index < -0.39 is 0 Å². The summed E-state index contributed by atoms with van der Waals surface area (Å²) in [5, 5.41) is 3.82. The minimum atomic E-state index is -0.219. The van der Waals surface area contributed by atoms with Gasteiger partial charge in [0.05, 0.1) is 5.69 Å². The van der Waals surface area contributed by atoms with E-state index >= 15 is 0 Å². The van der Waals surface area contributed by atoms with Crippen molar-refractivity contribution in [2.75, 3.05) is 0 Å². The number of allylic oxidation sites excluding steroid dienone is 1. The quantitative estimate of drug-likeness (QED) is 0.609. The molecule has 0 aliphatic heterocycles. The molecule has 2 nitrogen and oxygen atoms in total. The Morgan fingerprint density at radius 3 is 2.58 bits per heavy atom. The van der Waals surface area contributed by atoms with Gasteiger partial charge < -0.3 is 0 Å². The van der Waals surface area contributed by atoms with Gasteiger partial charge in [-0.3, -0.25) is 4.79 Å². The van der Waals surface area contributed by atoms with Crippen LogP contribution in [0, 0.1) is 0 Å². The Hall–Kier alpha value is -1.57. The second kappa shape index (κ2) is 4.34. The third-order valence-corrected chi connectivity index (χ3v) is 1.30. The Kier molecular flexibility index (Phi) is 3.08. The molecule has 0 bridgehead atoms. The summed E-state index contributed by atoms with van der Waals surface area (Å²) in [4.78, 5) is 11.0. The molecule has 0 aromatic heterocycles. The molecular formula is C10H10NO. The van der Waals surface area contributed by atoms with Gasteiger partial charge in [0.2, 0.25) is 0 Å². The average Bonchev–Trinajstić information content (AvgIpc) is 2.06. The number of carbonyl (C=O) groups excluding carboxylic acids is 1. The summed E-state index contributed by atoms with van der Waals surface area (Å²) < 4.78 is 0. The molecular weight excluding hydrogens is 150 g/mol. The van der Waals surface area contributed by atoms with E-state index in [1.54, 1.807) is 25.1 Å². The summed E-state index contributed by atoms with van der Waals surface area (Å²) in [6, 6.07) is 9.17. The Labute approximate surface area is 71.9 Å². The lowest BCUT2D eigenvalue weighted by molar-refractivity contribution is -0.115. The summed E-state index contributed by atoms with van der Waals surface area (Å²) in [5.74, 6) is -0.219. The number of hydrogen-bond acceptors (Lipinski definition) is 1. The molecule has 0 saturated carbocycles.